The maximum atomic E-state index is 11.3. The zero-order valence-corrected chi connectivity index (χ0v) is 11.5. The van der Waals surface area contributed by atoms with E-state index >= 15 is 0 Å². The lowest BCUT2D eigenvalue weighted by Gasteiger charge is -2.39. The molecule has 0 aliphatic carbocycles. The monoisotopic (exact) mass is 245 g/mol. The summed E-state index contributed by atoms with van der Waals surface area (Å²) in [4.78, 5) is 13.3. The van der Waals surface area contributed by atoms with Gasteiger partial charge in [0.1, 0.15) is 0 Å². The van der Waals surface area contributed by atoms with Crippen LogP contribution >= 0.6 is 0 Å². The molecule has 1 heterocycles. The maximum absolute atomic E-state index is 11.3. The van der Waals surface area contributed by atoms with E-state index in [-0.39, 0.29) is 5.91 Å². The Morgan fingerprint density at radius 2 is 1.83 bits per heavy atom. The van der Waals surface area contributed by atoms with Crippen molar-refractivity contribution in [3.8, 4) is 0 Å². The molecule has 1 amide bonds. The standard InChI is InChI=1S/C16H23NO/c1-14(18)17-12-10-16(2,11-13-17)9-8-15-6-4-3-5-7-15/h3-7H,8-13H2,1-2H3. The van der Waals surface area contributed by atoms with E-state index in [9.17, 15) is 4.79 Å². The third-order valence-corrected chi connectivity index (χ3v) is 4.28. The van der Waals surface area contributed by atoms with Crippen molar-refractivity contribution in [3.63, 3.8) is 0 Å². The fourth-order valence-electron chi connectivity index (χ4n) is 2.70. The van der Waals surface area contributed by atoms with Crippen molar-refractivity contribution in [2.45, 2.75) is 39.5 Å². The van der Waals surface area contributed by atoms with E-state index in [1.54, 1.807) is 6.92 Å². The largest absolute Gasteiger partial charge is 0.343 e. The smallest absolute Gasteiger partial charge is 0.219 e. The molecule has 0 N–H and O–H groups in total. The lowest BCUT2D eigenvalue weighted by molar-refractivity contribution is -0.131. The normalized spacial score (nSPS) is 18.7. The highest BCUT2D eigenvalue weighted by molar-refractivity contribution is 5.73. The Balaban J connectivity index is 1.85. The minimum atomic E-state index is 0.222. The molecule has 2 rings (SSSR count). The van der Waals surface area contributed by atoms with Crippen LogP contribution in [0.25, 0.3) is 0 Å². The lowest BCUT2D eigenvalue weighted by Crippen LogP contribution is -2.41. The van der Waals surface area contributed by atoms with Gasteiger partial charge < -0.3 is 4.90 Å². The predicted octanol–water partition coefficient (Wildman–Crippen LogP) is 3.27. The molecule has 1 aliphatic heterocycles. The summed E-state index contributed by atoms with van der Waals surface area (Å²) in [5.74, 6) is 0.222. The Labute approximate surface area is 110 Å². The number of carbonyl (C=O) groups excluding carboxylic acids is 1. The molecule has 0 bridgehead atoms. The Hall–Kier alpha value is -1.31. The molecule has 1 aromatic carbocycles. The Morgan fingerprint density at radius 1 is 1.22 bits per heavy atom. The second-order valence-corrected chi connectivity index (χ2v) is 5.80. The van der Waals surface area contributed by atoms with Crippen molar-refractivity contribution < 1.29 is 4.79 Å². The van der Waals surface area contributed by atoms with Gasteiger partial charge in [0, 0.05) is 20.0 Å². The van der Waals surface area contributed by atoms with Crippen LogP contribution < -0.4 is 0 Å². The van der Waals surface area contributed by atoms with Crippen molar-refractivity contribution in [1.82, 2.24) is 4.90 Å². The summed E-state index contributed by atoms with van der Waals surface area (Å²) < 4.78 is 0. The number of nitrogens with zero attached hydrogens (tertiary/aromatic N) is 1. The van der Waals surface area contributed by atoms with Crippen molar-refractivity contribution in [2.24, 2.45) is 5.41 Å². The SMILES string of the molecule is CC(=O)N1CCC(C)(CCc2ccccc2)CC1. The summed E-state index contributed by atoms with van der Waals surface area (Å²) >= 11 is 0. The van der Waals surface area contributed by atoms with Gasteiger partial charge in [0.2, 0.25) is 5.91 Å². The van der Waals surface area contributed by atoms with Crippen LogP contribution in [0.1, 0.15) is 38.7 Å². The molecular weight excluding hydrogens is 222 g/mol. The lowest BCUT2D eigenvalue weighted by atomic mass is 9.76. The van der Waals surface area contributed by atoms with E-state index in [2.05, 4.69) is 37.3 Å². The molecule has 18 heavy (non-hydrogen) atoms. The minimum absolute atomic E-state index is 0.222. The van der Waals surface area contributed by atoms with Gasteiger partial charge in [0.15, 0.2) is 0 Å². The number of hydrogen-bond acceptors (Lipinski definition) is 1. The van der Waals surface area contributed by atoms with Crippen molar-refractivity contribution >= 4 is 5.91 Å². The van der Waals surface area contributed by atoms with Gasteiger partial charge >= 0.3 is 0 Å². The van der Waals surface area contributed by atoms with Crippen LogP contribution in [-0.4, -0.2) is 23.9 Å². The molecule has 0 spiro atoms. The zero-order valence-electron chi connectivity index (χ0n) is 11.5. The molecule has 0 saturated carbocycles. The molecular formula is C16H23NO. The van der Waals surface area contributed by atoms with Crippen molar-refractivity contribution in [2.75, 3.05) is 13.1 Å². The molecule has 2 nitrogen and oxygen atoms in total. The van der Waals surface area contributed by atoms with Gasteiger partial charge in [-0.1, -0.05) is 37.3 Å². The van der Waals surface area contributed by atoms with E-state index in [1.807, 2.05) is 4.90 Å². The fraction of sp³-hybridized carbons (Fsp3) is 0.562. The number of carbonyl (C=O) groups is 1. The summed E-state index contributed by atoms with van der Waals surface area (Å²) in [6, 6.07) is 10.7. The quantitative estimate of drug-likeness (QED) is 0.800. The Kier molecular flexibility index (Phi) is 4.05. The molecule has 0 aromatic heterocycles. The number of aryl methyl sites for hydroxylation is 1. The van der Waals surface area contributed by atoms with Gasteiger partial charge in [-0.05, 0) is 36.7 Å². The summed E-state index contributed by atoms with van der Waals surface area (Å²) in [6.45, 7) is 5.90. The highest BCUT2D eigenvalue weighted by atomic mass is 16.2. The topological polar surface area (TPSA) is 20.3 Å². The summed E-state index contributed by atoms with van der Waals surface area (Å²) in [5.41, 5.74) is 1.83. The highest BCUT2D eigenvalue weighted by Gasteiger charge is 2.30. The van der Waals surface area contributed by atoms with Gasteiger partial charge in [-0.15, -0.1) is 0 Å². The molecule has 1 fully saturated rings. The summed E-state index contributed by atoms with van der Waals surface area (Å²) in [5, 5.41) is 0. The van der Waals surface area contributed by atoms with Gasteiger partial charge in [-0.2, -0.15) is 0 Å². The zero-order chi connectivity index (χ0) is 13.0. The second kappa shape index (κ2) is 5.55. The molecule has 2 heteroatoms. The van der Waals surface area contributed by atoms with Crippen LogP contribution in [-0.2, 0) is 11.2 Å². The third-order valence-electron chi connectivity index (χ3n) is 4.28. The van der Waals surface area contributed by atoms with Crippen LogP contribution in [0.15, 0.2) is 30.3 Å². The number of piperidine rings is 1. The molecule has 0 atom stereocenters. The summed E-state index contributed by atoms with van der Waals surface area (Å²) in [7, 11) is 0. The van der Waals surface area contributed by atoms with Gasteiger partial charge in [0.05, 0.1) is 0 Å². The first-order chi connectivity index (χ1) is 8.59. The van der Waals surface area contributed by atoms with Crippen molar-refractivity contribution in [1.29, 1.82) is 0 Å². The van der Waals surface area contributed by atoms with Crippen LogP contribution in [0.4, 0.5) is 0 Å². The first-order valence-corrected chi connectivity index (χ1v) is 6.89. The highest BCUT2D eigenvalue weighted by Crippen LogP contribution is 2.35. The van der Waals surface area contributed by atoms with Gasteiger partial charge in [-0.3, -0.25) is 4.79 Å². The Morgan fingerprint density at radius 3 is 2.39 bits per heavy atom. The van der Waals surface area contributed by atoms with Crippen molar-refractivity contribution in [3.05, 3.63) is 35.9 Å². The van der Waals surface area contributed by atoms with E-state index in [0.717, 1.165) is 32.4 Å². The first kappa shape index (κ1) is 13.1. The van der Waals surface area contributed by atoms with Crippen LogP contribution in [0, 0.1) is 5.41 Å². The molecule has 0 radical (unpaired) electrons. The fourth-order valence-corrected chi connectivity index (χ4v) is 2.70. The van der Waals surface area contributed by atoms with Gasteiger partial charge in [0.25, 0.3) is 0 Å². The van der Waals surface area contributed by atoms with Gasteiger partial charge in [-0.25, -0.2) is 0 Å². The summed E-state index contributed by atoms with van der Waals surface area (Å²) in [6.07, 6.45) is 4.65. The van der Waals surface area contributed by atoms with Crippen LogP contribution in [0.2, 0.25) is 0 Å². The molecule has 1 aromatic rings. The maximum Gasteiger partial charge on any atom is 0.219 e. The van der Waals surface area contributed by atoms with Crippen LogP contribution in [0.5, 0.6) is 0 Å². The Bertz CT molecular complexity index is 391. The first-order valence-electron chi connectivity index (χ1n) is 6.89. The van der Waals surface area contributed by atoms with E-state index in [1.165, 1.54) is 12.0 Å². The average Bonchev–Trinajstić information content (AvgIpc) is 2.38. The second-order valence-electron chi connectivity index (χ2n) is 5.80. The molecule has 98 valence electrons. The number of rotatable bonds is 3. The third kappa shape index (κ3) is 3.34. The number of likely N-dealkylation sites (tertiary alicyclic amines) is 1. The minimum Gasteiger partial charge on any atom is -0.343 e. The molecule has 0 unspecified atom stereocenters. The predicted molar refractivity (Wildman–Crippen MR) is 74.4 cm³/mol. The van der Waals surface area contributed by atoms with E-state index < -0.39 is 0 Å². The number of benzene rings is 1. The average molecular weight is 245 g/mol. The molecule has 1 aliphatic rings. The molecule has 1 saturated heterocycles. The van der Waals surface area contributed by atoms with E-state index in [0.29, 0.717) is 5.41 Å². The number of amides is 1. The number of hydrogen-bond donors (Lipinski definition) is 0. The van der Waals surface area contributed by atoms with E-state index in [4.69, 9.17) is 0 Å². The van der Waals surface area contributed by atoms with Crippen LogP contribution in [0.3, 0.4) is 0 Å².